The second kappa shape index (κ2) is 3.07. The maximum absolute atomic E-state index is 13.3. The average molecular weight is 183 g/mol. The van der Waals surface area contributed by atoms with Gasteiger partial charge in [0.25, 0.3) is 0 Å². The lowest BCUT2D eigenvalue weighted by atomic mass is 9.95. The Morgan fingerprint density at radius 1 is 1.38 bits per heavy atom. The lowest BCUT2D eigenvalue weighted by molar-refractivity contribution is 0.488. The first-order chi connectivity index (χ1) is 6.18. The van der Waals surface area contributed by atoms with Gasteiger partial charge in [-0.2, -0.15) is 0 Å². The van der Waals surface area contributed by atoms with Crippen LogP contribution >= 0.6 is 0 Å². The van der Waals surface area contributed by atoms with Crippen molar-refractivity contribution in [2.75, 3.05) is 6.54 Å². The van der Waals surface area contributed by atoms with Gasteiger partial charge in [-0.15, -0.1) is 0 Å². The van der Waals surface area contributed by atoms with Crippen molar-refractivity contribution < 1.29 is 8.78 Å². The van der Waals surface area contributed by atoms with Gasteiger partial charge in [0, 0.05) is 17.7 Å². The third-order valence-electron chi connectivity index (χ3n) is 2.46. The molecule has 13 heavy (non-hydrogen) atoms. The van der Waals surface area contributed by atoms with Gasteiger partial charge in [0.05, 0.1) is 0 Å². The lowest BCUT2D eigenvalue weighted by Gasteiger charge is -2.24. The quantitative estimate of drug-likeness (QED) is 0.650. The van der Waals surface area contributed by atoms with Crippen LogP contribution in [0.1, 0.15) is 24.1 Å². The molecule has 0 radical (unpaired) electrons. The van der Waals surface area contributed by atoms with E-state index in [9.17, 15) is 8.78 Å². The average Bonchev–Trinajstić information content (AvgIpc) is 2.02. The van der Waals surface area contributed by atoms with Crippen molar-refractivity contribution >= 4 is 0 Å². The van der Waals surface area contributed by atoms with Crippen molar-refractivity contribution in [3.05, 3.63) is 34.9 Å². The van der Waals surface area contributed by atoms with Crippen molar-refractivity contribution in [1.29, 1.82) is 0 Å². The highest BCUT2D eigenvalue weighted by Crippen LogP contribution is 2.26. The fourth-order valence-electron chi connectivity index (χ4n) is 1.86. The normalized spacial score (nSPS) is 21.3. The Bertz CT molecular complexity index is 336. The topological polar surface area (TPSA) is 12.0 Å². The van der Waals surface area contributed by atoms with Crippen molar-refractivity contribution in [1.82, 2.24) is 5.32 Å². The van der Waals surface area contributed by atoms with Gasteiger partial charge >= 0.3 is 0 Å². The smallest absolute Gasteiger partial charge is 0.131 e. The van der Waals surface area contributed by atoms with E-state index in [2.05, 4.69) is 5.32 Å². The SMILES string of the molecule is CC1NCCc2cc(F)cc(F)c21. The summed E-state index contributed by atoms with van der Waals surface area (Å²) in [6, 6.07) is 2.36. The number of hydrogen-bond donors (Lipinski definition) is 1. The minimum atomic E-state index is -0.481. The zero-order valence-corrected chi connectivity index (χ0v) is 7.40. The molecule has 1 aliphatic heterocycles. The number of hydrogen-bond acceptors (Lipinski definition) is 1. The molecular formula is C10H11F2N. The number of nitrogens with one attached hydrogen (secondary N) is 1. The summed E-state index contributed by atoms with van der Waals surface area (Å²) in [5.74, 6) is -0.917. The van der Waals surface area contributed by atoms with Crippen LogP contribution in [-0.4, -0.2) is 6.54 Å². The van der Waals surface area contributed by atoms with Gasteiger partial charge in [-0.3, -0.25) is 0 Å². The standard InChI is InChI=1S/C10H11F2N/c1-6-10-7(2-3-13-6)4-8(11)5-9(10)12/h4-6,13H,2-3H2,1H3. The molecule has 0 aromatic heterocycles. The van der Waals surface area contributed by atoms with Crippen LogP contribution in [0.15, 0.2) is 12.1 Å². The molecule has 1 N–H and O–H groups in total. The predicted octanol–water partition coefficient (Wildman–Crippen LogP) is 2.17. The van der Waals surface area contributed by atoms with Gasteiger partial charge in [-0.25, -0.2) is 8.78 Å². The summed E-state index contributed by atoms with van der Waals surface area (Å²) in [6.07, 6.45) is 0.703. The van der Waals surface area contributed by atoms with Crippen LogP contribution in [0, 0.1) is 11.6 Å². The van der Waals surface area contributed by atoms with E-state index >= 15 is 0 Å². The van der Waals surface area contributed by atoms with Gasteiger partial charge in [0.2, 0.25) is 0 Å². The van der Waals surface area contributed by atoms with Crippen LogP contribution in [0.3, 0.4) is 0 Å². The van der Waals surface area contributed by atoms with Gasteiger partial charge in [0.15, 0.2) is 0 Å². The number of rotatable bonds is 0. The molecule has 0 fully saturated rings. The van der Waals surface area contributed by atoms with Crippen LogP contribution in [0.25, 0.3) is 0 Å². The highest BCUT2D eigenvalue weighted by atomic mass is 19.1. The van der Waals surface area contributed by atoms with Crippen LogP contribution in [0.5, 0.6) is 0 Å². The van der Waals surface area contributed by atoms with Crippen LogP contribution in [0.4, 0.5) is 8.78 Å². The van der Waals surface area contributed by atoms with Crippen molar-refractivity contribution in [2.45, 2.75) is 19.4 Å². The minimum Gasteiger partial charge on any atom is -0.310 e. The number of halogens is 2. The Labute approximate surface area is 75.8 Å². The molecule has 1 unspecified atom stereocenters. The van der Waals surface area contributed by atoms with E-state index in [0.717, 1.165) is 18.2 Å². The Morgan fingerprint density at radius 3 is 2.92 bits per heavy atom. The lowest BCUT2D eigenvalue weighted by Crippen LogP contribution is -2.28. The first-order valence-corrected chi connectivity index (χ1v) is 4.39. The fraction of sp³-hybridized carbons (Fsp3) is 0.400. The van der Waals surface area contributed by atoms with E-state index in [-0.39, 0.29) is 6.04 Å². The van der Waals surface area contributed by atoms with E-state index in [4.69, 9.17) is 0 Å². The predicted molar refractivity (Wildman–Crippen MR) is 46.5 cm³/mol. The molecule has 1 heterocycles. The molecule has 1 atom stereocenters. The Kier molecular flexibility index (Phi) is 2.04. The monoisotopic (exact) mass is 183 g/mol. The molecule has 0 spiro atoms. The summed E-state index contributed by atoms with van der Waals surface area (Å²) in [6.45, 7) is 2.68. The Hall–Kier alpha value is -0.960. The van der Waals surface area contributed by atoms with E-state index in [1.807, 2.05) is 6.92 Å². The second-order valence-electron chi connectivity index (χ2n) is 3.39. The van der Waals surface area contributed by atoms with Gasteiger partial charge in [-0.05, 0) is 31.5 Å². The van der Waals surface area contributed by atoms with E-state index in [1.165, 1.54) is 6.07 Å². The molecule has 2 rings (SSSR count). The Balaban J connectivity index is 2.56. The van der Waals surface area contributed by atoms with Crippen molar-refractivity contribution in [3.63, 3.8) is 0 Å². The summed E-state index contributed by atoms with van der Waals surface area (Å²) >= 11 is 0. The van der Waals surface area contributed by atoms with Gasteiger partial charge in [-0.1, -0.05) is 0 Å². The molecule has 0 saturated carbocycles. The molecule has 0 amide bonds. The molecule has 1 nitrogen and oxygen atoms in total. The molecule has 1 aliphatic rings. The Morgan fingerprint density at radius 2 is 2.15 bits per heavy atom. The number of benzene rings is 1. The van der Waals surface area contributed by atoms with Gasteiger partial charge in [0.1, 0.15) is 11.6 Å². The summed E-state index contributed by atoms with van der Waals surface area (Å²) in [4.78, 5) is 0. The zero-order chi connectivity index (χ0) is 9.42. The summed E-state index contributed by atoms with van der Waals surface area (Å²) in [5, 5.41) is 3.14. The summed E-state index contributed by atoms with van der Waals surface area (Å²) in [7, 11) is 0. The fourth-order valence-corrected chi connectivity index (χ4v) is 1.86. The third kappa shape index (κ3) is 1.44. The zero-order valence-electron chi connectivity index (χ0n) is 7.40. The largest absolute Gasteiger partial charge is 0.310 e. The summed E-state index contributed by atoms with van der Waals surface area (Å²) < 4.78 is 26.1. The first kappa shape index (κ1) is 8.63. The number of fused-ring (bicyclic) bond motifs is 1. The highest BCUT2D eigenvalue weighted by Gasteiger charge is 2.20. The van der Waals surface area contributed by atoms with Gasteiger partial charge < -0.3 is 5.32 Å². The molecule has 0 bridgehead atoms. The van der Waals surface area contributed by atoms with Crippen LogP contribution < -0.4 is 5.32 Å². The maximum Gasteiger partial charge on any atom is 0.131 e. The molecular weight excluding hydrogens is 172 g/mol. The highest BCUT2D eigenvalue weighted by molar-refractivity contribution is 5.33. The molecule has 3 heteroatoms. The molecule has 0 saturated heterocycles. The summed E-state index contributed by atoms with van der Waals surface area (Å²) in [5.41, 5.74) is 1.41. The molecule has 1 aromatic carbocycles. The first-order valence-electron chi connectivity index (χ1n) is 4.39. The third-order valence-corrected chi connectivity index (χ3v) is 2.46. The van der Waals surface area contributed by atoms with E-state index < -0.39 is 11.6 Å². The molecule has 0 aliphatic carbocycles. The molecule has 70 valence electrons. The van der Waals surface area contributed by atoms with Crippen LogP contribution in [-0.2, 0) is 6.42 Å². The van der Waals surface area contributed by atoms with Crippen molar-refractivity contribution in [3.8, 4) is 0 Å². The van der Waals surface area contributed by atoms with Crippen molar-refractivity contribution in [2.24, 2.45) is 0 Å². The molecule has 1 aromatic rings. The minimum absolute atomic E-state index is 0.00986. The van der Waals surface area contributed by atoms with E-state index in [1.54, 1.807) is 0 Å². The maximum atomic E-state index is 13.3. The second-order valence-corrected chi connectivity index (χ2v) is 3.39. The van der Waals surface area contributed by atoms with E-state index in [0.29, 0.717) is 12.0 Å². The van der Waals surface area contributed by atoms with Crippen LogP contribution in [0.2, 0.25) is 0 Å².